The fourth-order valence-electron chi connectivity index (χ4n) is 2.11. The van der Waals surface area contributed by atoms with Gasteiger partial charge < -0.3 is 10.4 Å². The van der Waals surface area contributed by atoms with E-state index in [1.165, 1.54) is 16.0 Å². The molecule has 0 saturated carbocycles. The van der Waals surface area contributed by atoms with Gasteiger partial charge in [0.25, 0.3) is 0 Å². The van der Waals surface area contributed by atoms with Gasteiger partial charge in [0.2, 0.25) is 0 Å². The molecule has 0 bridgehead atoms. The molecule has 2 rings (SSSR count). The Hall–Kier alpha value is -1.72. The van der Waals surface area contributed by atoms with Crippen LogP contribution in [0.3, 0.4) is 0 Å². The zero-order chi connectivity index (χ0) is 15.4. The van der Waals surface area contributed by atoms with Gasteiger partial charge in [-0.15, -0.1) is 11.3 Å². The Morgan fingerprint density at radius 2 is 2.05 bits per heavy atom. The Morgan fingerprint density at radius 1 is 1.29 bits per heavy atom. The van der Waals surface area contributed by atoms with Crippen molar-refractivity contribution in [1.82, 2.24) is 10.3 Å². The van der Waals surface area contributed by atoms with Crippen LogP contribution in [0.4, 0.5) is 0 Å². The molecule has 1 aromatic heterocycles. The lowest BCUT2D eigenvalue weighted by atomic mass is 10.0. The topological polar surface area (TPSA) is 62.2 Å². The van der Waals surface area contributed by atoms with Crippen LogP contribution in [0.2, 0.25) is 0 Å². The molecule has 0 amide bonds. The van der Waals surface area contributed by atoms with Gasteiger partial charge in [0.15, 0.2) is 0 Å². The van der Waals surface area contributed by atoms with Crippen LogP contribution in [-0.4, -0.2) is 29.1 Å². The van der Waals surface area contributed by atoms with E-state index in [-0.39, 0.29) is 6.54 Å². The molecular weight excluding hydrogens is 284 g/mol. The van der Waals surface area contributed by atoms with Crippen LogP contribution in [0.1, 0.15) is 21.0 Å². The first kappa shape index (κ1) is 15.7. The van der Waals surface area contributed by atoms with E-state index >= 15 is 0 Å². The highest BCUT2D eigenvalue weighted by molar-refractivity contribution is 7.12. The van der Waals surface area contributed by atoms with Gasteiger partial charge in [-0.3, -0.25) is 4.79 Å². The maximum absolute atomic E-state index is 10.4. The smallest absolute Gasteiger partial charge is 0.317 e. The molecule has 0 spiro atoms. The largest absolute Gasteiger partial charge is 0.480 e. The first-order valence-electron chi connectivity index (χ1n) is 6.94. The summed E-state index contributed by atoms with van der Waals surface area (Å²) in [5.74, 6) is -0.832. The molecule has 0 aliphatic heterocycles. The summed E-state index contributed by atoms with van der Waals surface area (Å²) in [5, 5.41) is 12.5. The van der Waals surface area contributed by atoms with Crippen molar-refractivity contribution in [3.8, 4) is 11.3 Å². The molecule has 0 radical (unpaired) electrons. The van der Waals surface area contributed by atoms with E-state index in [9.17, 15) is 4.79 Å². The highest BCUT2D eigenvalue weighted by Crippen LogP contribution is 2.28. The Labute approximate surface area is 128 Å². The van der Waals surface area contributed by atoms with Crippen molar-refractivity contribution < 1.29 is 9.90 Å². The van der Waals surface area contributed by atoms with E-state index < -0.39 is 5.97 Å². The molecule has 1 heterocycles. The zero-order valence-electron chi connectivity index (χ0n) is 12.6. The fourth-order valence-corrected chi connectivity index (χ4v) is 3.06. The van der Waals surface area contributed by atoms with Crippen LogP contribution in [-0.2, 0) is 11.2 Å². The van der Waals surface area contributed by atoms with E-state index in [2.05, 4.69) is 44.3 Å². The molecule has 5 heteroatoms. The lowest BCUT2D eigenvalue weighted by Gasteiger charge is -2.03. The number of hydrogen-bond acceptors (Lipinski definition) is 4. The van der Waals surface area contributed by atoms with Crippen LogP contribution in [0.15, 0.2) is 18.2 Å². The maximum Gasteiger partial charge on any atom is 0.317 e. The summed E-state index contributed by atoms with van der Waals surface area (Å²) >= 11 is 1.68. The standard InChI is InChI=1S/C16H20N2O2S/c1-10-4-5-13(8-11(10)2)16-12(3)21-14(18-16)6-7-17-9-15(19)20/h4-5,8,17H,6-7,9H2,1-3H3,(H,19,20). The molecular formula is C16H20N2O2S. The summed E-state index contributed by atoms with van der Waals surface area (Å²) in [5.41, 5.74) is 4.74. The molecule has 2 aromatic rings. The number of rotatable bonds is 6. The number of nitrogens with one attached hydrogen (secondary N) is 1. The minimum absolute atomic E-state index is 0.00558. The van der Waals surface area contributed by atoms with Crippen molar-refractivity contribution >= 4 is 17.3 Å². The number of carbonyl (C=O) groups is 1. The zero-order valence-corrected chi connectivity index (χ0v) is 13.4. The molecule has 2 N–H and O–H groups in total. The minimum atomic E-state index is -0.832. The average molecular weight is 304 g/mol. The Balaban J connectivity index is 2.08. The van der Waals surface area contributed by atoms with Crippen molar-refractivity contribution in [3.63, 3.8) is 0 Å². The first-order valence-corrected chi connectivity index (χ1v) is 7.75. The lowest BCUT2D eigenvalue weighted by Crippen LogP contribution is -2.24. The number of benzene rings is 1. The Morgan fingerprint density at radius 3 is 2.71 bits per heavy atom. The number of aromatic nitrogens is 1. The summed E-state index contributed by atoms with van der Waals surface area (Å²) in [7, 11) is 0. The van der Waals surface area contributed by atoms with Crippen molar-refractivity contribution in [2.24, 2.45) is 0 Å². The van der Waals surface area contributed by atoms with Gasteiger partial charge in [0.1, 0.15) is 0 Å². The molecule has 4 nitrogen and oxygen atoms in total. The van der Waals surface area contributed by atoms with Crippen LogP contribution in [0.5, 0.6) is 0 Å². The van der Waals surface area contributed by atoms with E-state index in [0.717, 1.165) is 22.7 Å². The first-order chi connectivity index (χ1) is 9.97. The van der Waals surface area contributed by atoms with Gasteiger partial charge in [0.05, 0.1) is 17.2 Å². The van der Waals surface area contributed by atoms with Crippen LogP contribution < -0.4 is 5.32 Å². The third-order valence-corrected chi connectivity index (χ3v) is 4.44. The quantitative estimate of drug-likeness (QED) is 0.806. The molecule has 21 heavy (non-hydrogen) atoms. The Bertz CT molecular complexity index is 650. The monoisotopic (exact) mass is 304 g/mol. The van der Waals surface area contributed by atoms with Gasteiger partial charge in [-0.1, -0.05) is 12.1 Å². The molecule has 1 aromatic carbocycles. The third-order valence-electron chi connectivity index (χ3n) is 3.41. The van der Waals surface area contributed by atoms with Gasteiger partial charge in [-0.2, -0.15) is 0 Å². The van der Waals surface area contributed by atoms with Gasteiger partial charge in [0, 0.05) is 23.4 Å². The second-order valence-electron chi connectivity index (χ2n) is 5.13. The summed E-state index contributed by atoms with van der Waals surface area (Å²) in [6.07, 6.45) is 0.754. The average Bonchev–Trinajstić information content (AvgIpc) is 2.79. The number of aryl methyl sites for hydroxylation is 3. The SMILES string of the molecule is Cc1ccc(-c2nc(CCNCC(=O)O)sc2C)cc1C. The predicted molar refractivity (Wildman–Crippen MR) is 86.0 cm³/mol. The van der Waals surface area contributed by atoms with Gasteiger partial charge in [-0.05, 0) is 38.0 Å². The third kappa shape index (κ3) is 4.12. The number of carboxylic acids is 1. The molecule has 0 fully saturated rings. The predicted octanol–water partition coefficient (Wildman–Crippen LogP) is 2.95. The molecule has 0 atom stereocenters. The number of hydrogen-bond donors (Lipinski definition) is 2. The van der Waals surface area contributed by atoms with Gasteiger partial charge >= 0.3 is 5.97 Å². The number of carboxylic acid groups (broad SMARTS) is 1. The lowest BCUT2D eigenvalue weighted by molar-refractivity contribution is -0.135. The minimum Gasteiger partial charge on any atom is -0.480 e. The highest BCUT2D eigenvalue weighted by atomic mass is 32.1. The molecule has 0 unspecified atom stereocenters. The second kappa shape index (κ2) is 6.83. The van der Waals surface area contributed by atoms with E-state index in [4.69, 9.17) is 10.1 Å². The summed E-state index contributed by atoms with van der Waals surface area (Å²) in [6, 6.07) is 6.40. The summed E-state index contributed by atoms with van der Waals surface area (Å²) in [4.78, 5) is 16.3. The molecule has 0 saturated heterocycles. The van der Waals surface area contributed by atoms with E-state index in [1.54, 1.807) is 11.3 Å². The van der Waals surface area contributed by atoms with E-state index in [0.29, 0.717) is 6.54 Å². The van der Waals surface area contributed by atoms with Gasteiger partial charge in [-0.25, -0.2) is 4.98 Å². The van der Waals surface area contributed by atoms with Crippen molar-refractivity contribution in [2.75, 3.05) is 13.1 Å². The summed E-state index contributed by atoms with van der Waals surface area (Å²) < 4.78 is 0. The van der Waals surface area contributed by atoms with Crippen LogP contribution in [0.25, 0.3) is 11.3 Å². The fraction of sp³-hybridized carbons (Fsp3) is 0.375. The molecule has 0 aliphatic carbocycles. The van der Waals surface area contributed by atoms with E-state index in [1.807, 2.05) is 0 Å². The van der Waals surface area contributed by atoms with Crippen molar-refractivity contribution in [3.05, 3.63) is 39.2 Å². The number of aliphatic carboxylic acids is 1. The van der Waals surface area contributed by atoms with Crippen molar-refractivity contribution in [1.29, 1.82) is 0 Å². The van der Waals surface area contributed by atoms with Crippen LogP contribution in [0, 0.1) is 20.8 Å². The second-order valence-corrected chi connectivity index (χ2v) is 6.42. The number of thiazole rings is 1. The molecule has 112 valence electrons. The van der Waals surface area contributed by atoms with Crippen LogP contribution >= 0.6 is 11.3 Å². The van der Waals surface area contributed by atoms with Crippen molar-refractivity contribution in [2.45, 2.75) is 27.2 Å². The highest BCUT2D eigenvalue weighted by Gasteiger charge is 2.10. The normalized spacial score (nSPS) is 10.8. The Kier molecular flexibility index (Phi) is 5.09. The molecule has 0 aliphatic rings. The maximum atomic E-state index is 10.4. The number of nitrogens with zero attached hydrogens (tertiary/aromatic N) is 1. The summed E-state index contributed by atoms with van der Waals surface area (Å²) in [6.45, 7) is 6.92.